The summed E-state index contributed by atoms with van der Waals surface area (Å²) < 4.78 is 37.5. The zero-order valence-electron chi connectivity index (χ0n) is 8.02. The molecule has 1 aromatic rings. The molecule has 0 saturated carbocycles. The minimum absolute atomic E-state index is 0.185. The van der Waals surface area contributed by atoms with Crippen molar-refractivity contribution in [3.05, 3.63) is 29.3 Å². The van der Waals surface area contributed by atoms with E-state index in [2.05, 4.69) is 0 Å². The largest absolute Gasteiger partial charge is 0.416 e. The molecule has 78 valence electrons. The van der Waals surface area contributed by atoms with Gasteiger partial charge in [0, 0.05) is 5.69 Å². The average molecular weight is 203 g/mol. The summed E-state index contributed by atoms with van der Waals surface area (Å²) >= 11 is 0. The van der Waals surface area contributed by atoms with Gasteiger partial charge in [-0.05, 0) is 29.7 Å². The molecule has 0 aliphatic carbocycles. The van der Waals surface area contributed by atoms with Gasteiger partial charge in [-0.25, -0.2) is 0 Å². The summed E-state index contributed by atoms with van der Waals surface area (Å²) in [5, 5.41) is 0. The number of alkyl halides is 3. The van der Waals surface area contributed by atoms with Crippen LogP contribution in [-0.2, 0) is 6.18 Å². The van der Waals surface area contributed by atoms with Crippen LogP contribution in [0.4, 0.5) is 18.9 Å². The Kier molecular flexibility index (Phi) is 2.73. The second-order valence-corrected chi connectivity index (χ2v) is 3.50. The Labute approximate surface area is 80.7 Å². The first-order valence-corrected chi connectivity index (χ1v) is 4.29. The fraction of sp³-hybridized carbons (Fsp3) is 0.400. The van der Waals surface area contributed by atoms with Gasteiger partial charge >= 0.3 is 6.18 Å². The van der Waals surface area contributed by atoms with Gasteiger partial charge in [-0.2, -0.15) is 13.2 Å². The predicted molar refractivity (Wildman–Crippen MR) is 49.9 cm³/mol. The minimum Gasteiger partial charge on any atom is -0.399 e. The topological polar surface area (TPSA) is 26.0 Å². The van der Waals surface area contributed by atoms with Crippen LogP contribution >= 0.6 is 0 Å². The van der Waals surface area contributed by atoms with E-state index >= 15 is 0 Å². The first-order valence-electron chi connectivity index (χ1n) is 4.29. The van der Waals surface area contributed by atoms with Crippen molar-refractivity contribution < 1.29 is 13.2 Å². The second kappa shape index (κ2) is 3.52. The molecule has 0 radical (unpaired) electrons. The molecule has 0 unspecified atom stereocenters. The lowest BCUT2D eigenvalue weighted by Gasteiger charge is -2.15. The van der Waals surface area contributed by atoms with Crippen molar-refractivity contribution in [1.29, 1.82) is 0 Å². The van der Waals surface area contributed by atoms with Crippen molar-refractivity contribution in [3.63, 3.8) is 0 Å². The maximum absolute atomic E-state index is 12.5. The first-order chi connectivity index (χ1) is 6.32. The molecule has 4 heteroatoms. The highest BCUT2D eigenvalue weighted by Gasteiger charge is 2.33. The molecular formula is C10H12F3N. The normalized spacial score (nSPS) is 12.1. The van der Waals surface area contributed by atoms with E-state index < -0.39 is 11.7 Å². The third-order valence-electron chi connectivity index (χ3n) is 2.00. The van der Waals surface area contributed by atoms with Crippen LogP contribution in [-0.4, -0.2) is 0 Å². The van der Waals surface area contributed by atoms with E-state index in [-0.39, 0.29) is 11.5 Å². The number of nitrogens with two attached hydrogens (primary N) is 1. The Morgan fingerprint density at radius 1 is 1.21 bits per heavy atom. The first kappa shape index (κ1) is 10.9. The third kappa shape index (κ3) is 2.19. The smallest absolute Gasteiger partial charge is 0.399 e. The van der Waals surface area contributed by atoms with Gasteiger partial charge in [0.1, 0.15) is 0 Å². The molecule has 0 spiro atoms. The standard InChI is InChI=1S/C10H12F3N/c1-6(2)8-5-7(14)3-4-9(8)10(11,12)13/h3-6H,14H2,1-2H3. The molecule has 2 N–H and O–H groups in total. The van der Waals surface area contributed by atoms with Crippen LogP contribution in [0.15, 0.2) is 18.2 Å². The van der Waals surface area contributed by atoms with E-state index in [0.717, 1.165) is 6.07 Å². The van der Waals surface area contributed by atoms with Crippen LogP contribution in [0, 0.1) is 0 Å². The highest BCUT2D eigenvalue weighted by Crippen LogP contribution is 2.35. The van der Waals surface area contributed by atoms with Gasteiger partial charge in [0.05, 0.1) is 5.56 Å². The van der Waals surface area contributed by atoms with E-state index in [1.807, 2.05) is 0 Å². The fourth-order valence-electron chi connectivity index (χ4n) is 1.32. The van der Waals surface area contributed by atoms with Gasteiger partial charge in [0.2, 0.25) is 0 Å². The van der Waals surface area contributed by atoms with E-state index in [1.165, 1.54) is 12.1 Å². The molecule has 0 fully saturated rings. The lowest BCUT2D eigenvalue weighted by molar-refractivity contribution is -0.138. The summed E-state index contributed by atoms with van der Waals surface area (Å²) in [6, 6.07) is 3.69. The maximum atomic E-state index is 12.5. The Bertz CT molecular complexity index is 329. The SMILES string of the molecule is CC(C)c1cc(N)ccc1C(F)(F)F. The Morgan fingerprint density at radius 2 is 1.79 bits per heavy atom. The molecule has 0 aliphatic heterocycles. The summed E-state index contributed by atoms with van der Waals surface area (Å²) in [5.41, 5.74) is 5.46. The molecule has 1 rings (SSSR count). The van der Waals surface area contributed by atoms with Gasteiger partial charge in [-0.1, -0.05) is 13.8 Å². The maximum Gasteiger partial charge on any atom is 0.416 e. The van der Waals surface area contributed by atoms with Gasteiger partial charge in [-0.3, -0.25) is 0 Å². The highest BCUT2D eigenvalue weighted by molar-refractivity contribution is 5.46. The second-order valence-electron chi connectivity index (χ2n) is 3.50. The summed E-state index contributed by atoms with van der Waals surface area (Å²) in [7, 11) is 0. The number of anilines is 1. The van der Waals surface area contributed by atoms with Gasteiger partial charge in [0.15, 0.2) is 0 Å². The summed E-state index contributed by atoms with van der Waals surface area (Å²) in [6.45, 7) is 3.42. The predicted octanol–water partition coefficient (Wildman–Crippen LogP) is 3.41. The highest BCUT2D eigenvalue weighted by atomic mass is 19.4. The molecule has 14 heavy (non-hydrogen) atoms. The molecule has 1 aromatic carbocycles. The molecule has 0 aromatic heterocycles. The lowest BCUT2D eigenvalue weighted by atomic mass is 9.96. The van der Waals surface area contributed by atoms with Gasteiger partial charge in [-0.15, -0.1) is 0 Å². The molecule has 0 atom stereocenters. The zero-order valence-corrected chi connectivity index (χ0v) is 8.02. The number of hydrogen-bond donors (Lipinski definition) is 1. The van der Waals surface area contributed by atoms with E-state index in [1.54, 1.807) is 13.8 Å². The summed E-state index contributed by atoms with van der Waals surface area (Å²) in [5.74, 6) is -0.185. The minimum atomic E-state index is -4.30. The average Bonchev–Trinajstić information content (AvgIpc) is 2.01. The molecule has 0 bridgehead atoms. The summed E-state index contributed by atoms with van der Waals surface area (Å²) in [4.78, 5) is 0. The Morgan fingerprint density at radius 3 is 2.21 bits per heavy atom. The summed E-state index contributed by atoms with van der Waals surface area (Å²) in [6.07, 6.45) is -4.30. The van der Waals surface area contributed by atoms with Crippen LogP contribution in [0.1, 0.15) is 30.9 Å². The molecule has 0 heterocycles. The van der Waals surface area contributed by atoms with Crippen LogP contribution in [0.3, 0.4) is 0 Å². The van der Waals surface area contributed by atoms with E-state index in [9.17, 15) is 13.2 Å². The van der Waals surface area contributed by atoms with Crippen molar-refractivity contribution in [2.45, 2.75) is 25.9 Å². The van der Waals surface area contributed by atoms with Crippen LogP contribution in [0.5, 0.6) is 0 Å². The van der Waals surface area contributed by atoms with Crippen molar-refractivity contribution in [1.82, 2.24) is 0 Å². The monoisotopic (exact) mass is 203 g/mol. The lowest BCUT2D eigenvalue weighted by Crippen LogP contribution is -2.10. The van der Waals surface area contributed by atoms with Crippen molar-refractivity contribution >= 4 is 5.69 Å². The van der Waals surface area contributed by atoms with Crippen molar-refractivity contribution in [2.75, 3.05) is 5.73 Å². The van der Waals surface area contributed by atoms with Crippen molar-refractivity contribution in [3.8, 4) is 0 Å². The van der Waals surface area contributed by atoms with Gasteiger partial charge < -0.3 is 5.73 Å². The van der Waals surface area contributed by atoms with E-state index in [0.29, 0.717) is 5.69 Å². The molecule has 0 aliphatic rings. The molecule has 0 amide bonds. The quantitative estimate of drug-likeness (QED) is 0.695. The Hall–Kier alpha value is -1.19. The number of hydrogen-bond acceptors (Lipinski definition) is 1. The van der Waals surface area contributed by atoms with Crippen LogP contribution in [0.25, 0.3) is 0 Å². The molecule has 0 saturated heterocycles. The van der Waals surface area contributed by atoms with Crippen LogP contribution < -0.4 is 5.73 Å². The van der Waals surface area contributed by atoms with Crippen LogP contribution in [0.2, 0.25) is 0 Å². The third-order valence-corrected chi connectivity index (χ3v) is 2.00. The van der Waals surface area contributed by atoms with Gasteiger partial charge in [0.25, 0.3) is 0 Å². The zero-order chi connectivity index (χ0) is 10.9. The number of rotatable bonds is 1. The Balaban J connectivity index is 3.29. The number of halogens is 3. The molecular weight excluding hydrogens is 191 g/mol. The molecule has 1 nitrogen and oxygen atoms in total. The number of nitrogen functional groups attached to an aromatic ring is 1. The van der Waals surface area contributed by atoms with E-state index in [4.69, 9.17) is 5.73 Å². The number of benzene rings is 1. The fourth-order valence-corrected chi connectivity index (χ4v) is 1.32. The van der Waals surface area contributed by atoms with Crippen molar-refractivity contribution in [2.24, 2.45) is 0 Å².